The highest BCUT2D eigenvalue weighted by Crippen LogP contribution is 2.34. The van der Waals surface area contributed by atoms with Gasteiger partial charge in [0.2, 0.25) is 0 Å². The van der Waals surface area contributed by atoms with Crippen LogP contribution in [0.5, 0.6) is 0 Å². The molecule has 0 aliphatic rings. The van der Waals surface area contributed by atoms with Crippen LogP contribution in [0.15, 0.2) is 28.7 Å². The lowest BCUT2D eigenvalue weighted by Crippen LogP contribution is -2.23. The van der Waals surface area contributed by atoms with Crippen LogP contribution in [0, 0.1) is 6.92 Å². The van der Waals surface area contributed by atoms with E-state index >= 15 is 0 Å². The van der Waals surface area contributed by atoms with E-state index < -0.39 is 5.60 Å². The Morgan fingerprint density at radius 1 is 1.24 bits per heavy atom. The van der Waals surface area contributed by atoms with E-state index in [4.69, 9.17) is 4.42 Å². The molecule has 2 rings (SSSR count). The minimum absolute atomic E-state index is 0.680. The highest BCUT2D eigenvalue weighted by molar-refractivity contribution is 5.78. The Labute approximate surface area is 102 Å². The van der Waals surface area contributed by atoms with Crippen LogP contribution in [0.4, 0.5) is 0 Å². The van der Waals surface area contributed by atoms with Crippen LogP contribution in [-0.4, -0.2) is 5.11 Å². The summed E-state index contributed by atoms with van der Waals surface area (Å²) >= 11 is 0. The summed E-state index contributed by atoms with van der Waals surface area (Å²) in [5.74, 6) is 0.697. The highest BCUT2D eigenvalue weighted by atomic mass is 16.4. The van der Waals surface area contributed by atoms with Gasteiger partial charge in [0.15, 0.2) is 0 Å². The zero-order valence-electron chi connectivity index (χ0n) is 10.8. The Balaban J connectivity index is 2.48. The van der Waals surface area contributed by atoms with E-state index in [9.17, 15) is 5.11 Å². The second kappa shape index (κ2) is 4.53. The van der Waals surface area contributed by atoms with Crippen LogP contribution >= 0.6 is 0 Å². The summed E-state index contributed by atoms with van der Waals surface area (Å²) < 4.78 is 5.78. The SMILES string of the molecule is CCCC(O)(CC)c1cc2cc(C)ccc2o1. The van der Waals surface area contributed by atoms with Crippen LogP contribution < -0.4 is 0 Å². The number of furan rings is 1. The van der Waals surface area contributed by atoms with Gasteiger partial charge in [-0.25, -0.2) is 0 Å². The molecule has 0 saturated heterocycles. The van der Waals surface area contributed by atoms with Gasteiger partial charge in [0.1, 0.15) is 16.9 Å². The molecule has 0 bridgehead atoms. The van der Waals surface area contributed by atoms with Gasteiger partial charge in [-0.15, -0.1) is 0 Å². The summed E-state index contributed by atoms with van der Waals surface area (Å²) in [4.78, 5) is 0. The number of aliphatic hydroxyl groups is 1. The third-order valence-electron chi connectivity index (χ3n) is 3.38. The molecule has 17 heavy (non-hydrogen) atoms. The smallest absolute Gasteiger partial charge is 0.136 e. The lowest BCUT2D eigenvalue weighted by molar-refractivity contribution is 0.00296. The Morgan fingerprint density at radius 2 is 2.00 bits per heavy atom. The first-order chi connectivity index (χ1) is 8.09. The minimum atomic E-state index is -0.818. The lowest BCUT2D eigenvalue weighted by Gasteiger charge is -2.23. The minimum Gasteiger partial charge on any atom is -0.458 e. The molecule has 0 aliphatic heterocycles. The molecule has 1 heterocycles. The van der Waals surface area contributed by atoms with Crippen LogP contribution in [0.2, 0.25) is 0 Å². The summed E-state index contributed by atoms with van der Waals surface area (Å²) in [6.45, 7) is 6.13. The molecular weight excluding hydrogens is 212 g/mol. The molecule has 1 atom stereocenters. The predicted octanol–water partition coefficient (Wildman–Crippen LogP) is 4.14. The zero-order valence-corrected chi connectivity index (χ0v) is 10.8. The van der Waals surface area contributed by atoms with E-state index in [2.05, 4.69) is 19.9 Å². The maximum Gasteiger partial charge on any atom is 0.136 e. The normalized spacial score (nSPS) is 15.1. The van der Waals surface area contributed by atoms with Gasteiger partial charge in [-0.1, -0.05) is 31.9 Å². The standard InChI is InChI=1S/C15H20O2/c1-4-8-15(16,5-2)14-10-12-9-11(3)6-7-13(12)17-14/h6-7,9-10,16H,4-5,8H2,1-3H3. The monoisotopic (exact) mass is 232 g/mol. The zero-order chi connectivity index (χ0) is 12.5. The molecule has 2 nitrogen and oxygen atoms in total. The average Bonchev–Trinajstić information content (AvgIpc) is 2.72. The number of aryl methyl sites for hydroxylation is 1. The van der Waals surface area contributed by atoms with Crippen molar-refractivity contribution in [1.82, 2.24) is 0 Å². The topological polar surface area (TPSA) is 33.4 Å². The molecule has 1 N–H and O–H groups in total. The van der Waals surface area contributed by atoms with Crippen molar-refractivity contribution in [3.05, 3.63) is 35.6 Å². The summed E-state index contributed by atoms with van der Waals surface area (Å²) in [6.07, 6.45) is 2.36. The molecule has 0 saturated carbocycles. The van der Waals surface area contributed by atoms with Crippen molar-refractivity contribution in [2.75, 3.05) is 0 Å². The van der Waals surface area contributed by atoms with Gasteiger partial charge in [-0.05, 0) is 38.0 Å². The van der Waals surface area contributed by atoms with Gasteiger partial charge in [0.25, 0.3) is 0 Å². The van der Waals surface area contributed by atoms with Crippen molar-refractivity contribution in [2.45, 2.75) is 45.6 Å². The van der Waals surface area contributed by atoms with Crippen LogP contribution in [0.1, 0.15) is 44.4 Å². The van der Waals surface area contributed by atoms with Crippen molar-refractivity contribution < 1.29 is 9.52 Å². The van der Waals surface area contributed by atoms with Gasteiger partial charge in [-0.3, -0.25) is 0 Å². The van der Waals surface area contributed by atoms with Gasteiger partial charge in [-0.2, -0.15) is 0 Å². The summed E-state index contributed by atoms with van der Waals surface area (Å²) in [5.41, 5.74) is 1.25. The first-order valence-corrected chi connectivity index (χ1v) is 6.32. The van der Waals surface area contributed by atoms with Crippen LogP contribution in [0.25, 0.3) is 11.0 Å². The van der Waals surface area contributed by atoms with Crippen molar-refractivity contribution >= 4 is 11.0 Å². The number of benzene rings is 1. The lowest BCUT2D eigenvalue weighted by atomic mass is 9.92. The fourth-order valence-electron chi connectivity index (χ4n) is 2.28. The van der Waals surface area contributed by atoms with Crippen molar-refractivity contribution in [1.29, 1.82) is 0 Å². The molecule has 0 amide bonds. The second-order valence-corrected chi connectivity index (χ2v) is 4.79. The van der Waals surface area contributed by atoms with Crippen molar-refractivity contribution in [3.63, 3.8) is 0 Å². The van der Waals surface area contributed by atoms with Gasteiger partial charge >= 0.3 is 0 Å². The molecule has 2 heteroatoms. The molecular formula is C15H20O2. The first-order valence-electron chi connectivity index (χ1n) is 6.32. The van der Waals surface area contributed by atoms with Crippen LogP contribution in [-0.2, 0) is 5.60 Å². The summed E-state index contributed by atoms with van der Waals surface area (Å²) in [7, 11) is 0. The molecule has 1 unspecified atom stereocenters. The fourth-order valence-corrected chi connectivity index (χ4v) is 2.28. The molecule has 0 spiro atoms. The van der Waals surface area contributed by atoms with Crippen molar-refractivity contribution in [3.8, 4) is 0 Å². The second-order valence-electron chi connectivity index (χ2n) is 4.79. The number of fused-ring (bicyclic) bond motifs is 1. The van der Waals surface area contributed by atoms with E-state index in [1.165, 1.54) is 5.56 Å². The molecule has 0 fully saturated rings. The summed E-state index contributed by atoms with van der Waals surface area (Å²) in [5, 5.41) is 11.6. The Morgan fingerprint density at radius 3 is 2.65 bits per heavy atom. The Bertz CT molecular complexity index is 513. The number of rotatable bonds is 4. The number of hydrogen-bond acceptors (Lipinski definition) is 2. The van der Waals surface area contributed by atoms with E-state index in [1.807, 2.05) is 25.1 Å². The van der Waals surface area contributed by atoms with E-state index in [0.29, 0.717) is 12.2 Å². The van der Waals surface area contributed by atoms with Gasteiger partial charge < -0.3 is 9.52 Å². The third kappa shape index (κ3) is 2.22. The van der Waals surface area contributed by atoms with E-state index in [-0.39, 0.29) is 0 Å². The number of hydrogen-bond donors (Lipinski definition) is 1. The quantitative estimate of drug-likeness (QED) is 0.859. The molecule has 0 radical (unpaired) electrons. The summed E-state index contributed by atoms with van der Waals surface area (Å²) in [6, 6.07) is 8.06. The fraction of sp³-hybridized carbons (Fsp3) is 0.467. The van der Waals surface area contributed by atoms with Crippen LogP contribution in [0.3, 0.4) is 0 Å². The van der Waals surface area contributed by atoms with E-state index in [0.717, 1.165) is 23.8 Å². The molecule has 2 aromatic rings. The van der Waals surface area contributed by atoms with Gasteiger partial charge in [0.05, 0.1) is 0 Å². The Hall–Kier alpha value is -1.28. The largest absolute Gasteiger partial charge is 0.458 e. The van der Waals surface area contributed by atoms with Gasteiger partial charge in [0, 0.05) is 5.39 Å². The molecule has 92 valence electrons. The third-order valence-corrected chi connectivity index (χ3v) is 3.38. The molecule has 1 aromatic carbocycles. The van der Waals surface area contributed by atoms with E-state index in [1.54, 1.807) is 0 Å². The maximum absolute atomic E-state index is 10.6. The first kappa shape index (κ1) is 12.2. The average molecular weight is 232 g/mol. The highest BCUT2D eigenvalue weighted by Gasteiger charge is 2.29. The molecule has 1 aromatic heterocycles. The maximum atomic E-state index is 10.6. The predicted molar refractivity (Wildman–Crippen MR) is 70.0 cm³/mol. The Kier molecular flexibility index (Phi) is 3.25. The molecule has 0 aliphatic carbocycles. The van der Waals surface area contributed by atoms with Crippen molar-refractivity contribution in [2.24, 2.45) is 0 Å².